The van der Waals surface area contributed by atoms with Crippen LogP contribution in [-0.2, 0) is 4.74 Å². The number of hydrogen-bond donors (Lipinski definition) is 1. The lowest BCUT2D eigenvalue weighted by molar-refractivity contribution is 0.0859. The summed E-state index contributed by atoms with van der Waals surface area (Å²) >= 11 is 1.60. The summed E-state index contributed by atoms with van der Waals surface area (Å²) in [6, 6.07) is 5.82. The minimum absolute atomic E-state index is 0.000618. The van der Waals surface area contributed by atoms with Crippen LogP contribution in [0.2, 0.25) is 0 Å². The van der Waals surface area contributed by atoms with E-state index in [1.807, 2.05) is 30.5 Å². The molecule has 9 nitrogen and oxygen atoms in total. The molecule has 3 aromatic heterocycles. The number of hydrogen-bond acceptors (Lipinski definition) is 7. The van der Waals surface area contributed by atoms with Gasteiger partial charge in [0.15, 0.2) is 0 Å². The largest absolute Gasteiger partial charge is 0.450 e. The molecule has 3 aromatic rings. The van der Waals surface area contributed by atoms with Gasteiger partial charge >= 0.3 is 6.09 Å². The highest BCUT2D eigenvalue weighted by Crippen LogP contribution is 2.23. The summed E-state index contributed by atoms with van der Waals surface area (Å²) in [6.07, 6.45) is 4.30. The number of piperidine rings is 1. The Kier molecular flexibility index (Phi) is 6.26. The lowest BCUT2D eigenvalue weighted by Crippen LogP contribution is -2.46. The maximum absolute atomic E-state index is 12.8. The van der Waals surface area contributed by atoms with Gasteiger partial charge in [0.2, 0.25) is 0 Å². The van der Waals surface area contributed by atoms with E-state index in [-0.39, 0.29) is 18.0 Å². The molecular weight excluding hydrogens is 416 g/mol. The molecule has 4 heterocycles. The molecule has 0 radical (unpaired) electrons. The van der Waals surface area contributed by atoms with Crippen LogP contribution < -0.4 is 5.32 Å². The first-order chi connectivity index (χ1) is 15.1. The standard InChI is InChI=1S/C21H24N6O3S/c1-3-30-21(29)26-10-7-15(8-11-26)24-19(28)16-13-23-27(14(16)2)20-22-9-6-17(25-20)18-5-4-12-31-18/h4-6,9,12-13,15H,3,7-8,10-11H2,1-2H3,(H,24,28). The quantitative estimate of drug-likeness (QED) is 0.654. The van der Waals surface area contributed by atoms with Crippen molar-refractivity contribution in [2.45, 2.75) is 32.7 Å². The van der Waals surface area contributed by atoms with E-state index in [2.05, 4.69) is 20.4 Å². The highest BCUT2D eigenvalue weighted by molar-refractivity contribution is 7.13. The van der Waals surface area contributed by atoms with Gasteiger partial charge in [0, 0.05) is 25.3 Å². The van der Waals surface area contributed by atoms with E-state index < -0.39 is 0 Å². The second-order valence-electron chi connectivity index (χ2n) is 7.21. The molecule has 0 unspecified atom stereocenters. The Morgan fingerprint density at radius 2 is 2.10 bits per heavy atom. The molecule has 0 saturated carbocycles. The summed E-state index contributed by atoms with van der Waals surface area (Å²) in [5.41, 5.74) is 1.97. The molecule has 4 rings (SSSR count). The lowest BCUT2D eigenvalue weighted by Gasteiger charge is -2.31. The predicted molar refractivity (Wildman–Crippen MR) is 116 cm³/mol. The third-order valence-electron chi connectivity index (χ3n) is 5.22. The third kappa shape index (κ3) is 4.58. The van der Waals surface area contributed by atoms with Crippen LogP contribution in [0.15, 0.2) is 36.0 Å². The summed E-state index contributed by atoms with van der Waals surface area (Å²) in [6.45, 7) is 5.10. The molecule has 1 aliphatic rings. The first-order valence-corrected chi connectivity index (χ1v) is 11.1. The zero-order valence-corrected chi connectivity index (χ0v) is 18.3. The Hall–Kier alpha value is -3.27. The molecule has 1 fully saturated rings. The highest BCUT2D eigenvalue weighted by atomic mass is 32.1. The van der Waals surface area contributed by atoms with Crippen LogP contribution in [0.5, 0.6) is 0 Å². The lowest BCUT2D eigenvalue weighted by atomic mass is 10.0. The van der Waals surface area contributed by atoms with Crippen LogP contribution in [0, 0.1) is 6.92 Å². The van der Waals surface area contributed by atoms with Gasteiger partial charge < -0.3 is 15.0 Å². The van der Waals surface area contributed by atoms with Crippen molar-refractivity contribution < 1.29 is 14.3 Å². The third-order valence-corrected chi connectivity index (χ3v) is 6.11. The summed E-state index contributed by atoms with van der Waals surface area (Å²) in [5.74, 6) is 0.234. The Bertz CT molecular complexity index is 1060. The number of aromatic nitrogens is 4. The zero-order valence-electron chi connectivity index (χ0n) is 17.4. The zero-order chi connectivity index (χ0) is 21.8. The molecule has 10 heteroatoms. The van der Waals surface area contributed by atoms with Gasteiger partial charge in [-0.3, -0.25) is 4.79 Å². The van der Waals surface area contributed by atoms with Gasteiger partial charge in [0.05, 0.1) is 34.6 Å². The molecular formula is C21H24N6O3S. The highest BCUT2D eigenvalue weighted by Gasteiger charge is 2.26. The minimum atomic E-state index is -0.297. The van der Waals surface area contributed by atoms with Gasteiger partial charge in [0.1, 0.15) is 0 Å². The van der Waals surface area contributed by atoms with E-state index in [4.69, 9.17) is 4.74 Å². The van der Waals surface area contributed by atoms with Crippen LogP contribution in [0.3, 0.4) is 0 Å². The number of nitrogens with one attached hydrogen (secondary N) is 1. The molecule has 1 N–H and O–H groups in total. The van der Waals surface area contributed by atoms with E-state index in [0.29, 0.717) is 49.7 Å². The number of nitrogens with zero attached hydrogens (tertiary/aromatic N) is 5. The van der Waals surface area contributed by atoms with Crippen molar-refractivity contribution in [3.63, 3.8) is 0 Å². The second kappa shape index (κ2) is 9.25. The van der Waals surface area contributed by atoms with Crippen molar-refractivity contribution in [1.29, 1.82) is 0 Å². The van der Waals surface area contributed by atoms with Crippen LogP contribution >= 0.6 is 11.3 Å². The minimum Gasteiger partial charge on any atom is -0.450 e. The summed E-state index contributed by atoms with van der Waals surface area (Å²) in [4.78, 5) is 36.3. The Labute approximate surface area is 184 Å². The Morgan fingerprint density at radius 3 is 2.81 bits per heavy atom. The summed E-state index contributed by atoms with van der Waals surface area (Å²) in [7, 11) is 0. The molecule has 162 valence electrons. The smallest absolute Gasteiger partial charge is 0.409 e. The van der Waals surface area contributed by atoms with E-state index in [0.717, 1.165) is 10.6 Å². The molecule has 1 aliphatic heterocycles. The van der Waals surface area contributed by atoms with Crippen LogP contribution in [0.4, 0.5) is 4.79 Å². The van der Waals surface area contributed by atoms with Gasteiger partial charge in [-0.1, -0.05) is 6.07 Å². The number of rotatable bonds is 5. The fourth-order valence-corrected chi connectivity index (χ4v) is 4.23. The first-order valence-electron chi connectivity index (χ1n) is 10.2. The number of amides is 2. The molecule has 0 spiro atoms. The molecule has 0 aromatic carbocycles. The van der Waals surface area contributed by atoms with Crippen LogP contribution in [0.25, 0.3) is 16.5 Å². The van der Waals surface area contributed by atoms with Gasteiger partial charge in [-0.2, -0.15) is 5.10 Å². The van der Waals surface area contributed by atoms with Gasteiger partial charge in [-0.05, 0) is 44.2 Å². The Balaban J connectivity index is 1.42. The Morgan fingerprint density at radius 1 is 1.29 bits per heavy atom. The average Bonchev–Trinajstić information content (AvgIpc) is 3.45. The van der Waals surface area contributed by atoms with E-state index in [1.54, 1.807) is 40.2 Å². The summed E-state index contributed by atoms with van der Waals surface area (Å²) in [5, 5.41) is 9.39. The fourth-order valence-electron chi connectivity index (χ4n) is 3.53. The number of likely N-dealkylation sites (tertiary alicyclic amines) is 1. The monoisotopic (exact) mass is 440 g/mol. The van der Waals surface area contributed by atoms with Crippen molar-refractivity contribution in [1.82, 2.24) is 30.0 Å². The number of carbonyl (C=O) groups excluding carboxylic acids is 2. The molecule has 0 aliphatic carbocycles. The number of ether oxygens (including phenoxy) is 1. The van der Waals surface area contributed by atoms with E-state index >= 15 is 0 Å². The molecule has 31 heavy (non-hydrogen) atoms. The SMILES string of the molecule is CCOC(=O)N1CCC(NC(=O)c2cnn(-c3nccc(-c4cccs4)n3)c2C)CC1. The van der Waals surface area contributed by atoms with Gasteiger partial charge in [-0.15, -0.1) is 11.3 Å². The van der Waals surface area contributed by atoms with Crippen molar-refractivity contribution in [2.24, 2.45) is 0 Å². The van der Waals surface area contributed by atoms with Gasteiger partial charge in [0.25, 0.3) is 11.9 Å². The molecule has 2 amide bonds. The normalized spacial score (nSPS) is 14.5. The molecule has 0 bridgehead atoms. The van der Waals surface area contributed by atoms with Crippen LogP contribution in [-0.4, -0.2) is 62.4 Å². The van der Waals surface area contributed by atoms with Crippen molar-refractivity contribution in [3.05, 3.63) is 47.2 Å². The van der Waals surface area contributed by atoms with E-state index in [1.165, 1.54) is 0 Å². The van der Waals surface area contributed by atoms with Crippen LogP contribution in [0.1, 0.15) is 35.8 Å². The van der Waals surface area contributed by atoms with Crippen molar-refractivity contribution >= 4 is 23.3 Å². The summed E-state index contributed by atoms with van der Waals surface area (Å²) < 4.78 is 6.62. The van der Waals surface area contributed by atoms with E-state index in [9.17, 15) is 9.59 Å². The maximum atomic E-state index is 12.8. The second-order valence-corrected chi connectivity index (χ2v) is 8.16. The fraction of sp³-hybridized carbons (Fsp3) is 0.381. The predicted octanol–water partition coefficient (Wildman–Crippen LogP) is 3.05. The molecule has 1 saturated heterocycles. The first kappa shape index (κ1) is 21.0. The molecule has 0 atom stereocenters. The van der Waals surface area contributed by atoms with Crippen molar-refractivity contribution in [2.75, 3.05) is 19.7 Å². The average molecular weight is 441 g/mol. The maximum Gasteiger partial charge on any atom is 0.409 e. The number of thiophene rings is 1. The van der Waals surface area contributed by atoms with Crippen molar-refractivity contribution in [3.8, 4) is 16.5 Å². The number of carbonyl (C=O) groups is 2. The van der Waals surface area contributed by atoms with Gasteiger partial charge in [-0.25, -0.2) is 19.4 Å². The topological polar surface area (TPSA) is 102 Å².